The summed E-state index contributed by atoms with van der Waals surface area (Å²) in [5.74, 6) is 0. The third-order valence-corrected chi connectivity index (χ3v) is 5.53. The van der Waals surface area contributed by atoms with Crippen molar-refractivity contribution in [2.75, 3.05) is 0 Å². The van der Waals surface area contributed by atoms with Gasteiger partial charge >= 0.3 is 0 Å². The highest BCUT2D eigenvalue weighted by Crippen LogP contribution is 2.29. The Kier molecular flexibility index (Phi) is 5.90. The third kappa shape index (κ3) is 4.70. The summed E-state index contributed by atoms with van der Waals surface area (Å²) in [6.07, 6.45) is 7.52. The largest absolute Gasteiger partial charge is 0.298 e. The van der Waals surface area contributed by atoms with Crippen LogP contribution in [-0.4, -0.2) is 12.6 Å². The molecule has 0 bridgehead atoms. The molecule has 0 aromatic heterocycles. The Bertz CT molecular complexity index is 1200. The molecule has 0 spiro atoms. The first kappa shape index (κ1) is 20.5. The number of aldehydes is 2. The van der Waals surface area contributed by atoms with E-state index in [2.05, 4.69) is 80.6 Å². The SMILES string of the molecule is Cc1cc(C)cc(-c2ccc(-c3ccc(C4=CC(C=O)=CC(C=O)=CC4)cc3)cc2)c1. The molecule has 0 heterocycles. The Hall–Kier alpha value is -3.78. The van der Waals surface area contributed by atoms with Crippen molar-refractivity contribution in [2.45, 2.75) is 20.3 Å². The zero-order valence-corrected chi connectivity index (χ0v) is 17.8. The highest BCUT2D eigenvalue weighted by atomic mass is 16.1. The summed E-state index contributed by atoms with van der Waals surface area (Å²) in [6, 6.07) is 23.6. The Balaban J connectivity index is 1.58. The first-order chi connectivity index (χ1) is 15.1. The summed E-state index contributed by atoms with van der Waals surface area (Å²) in [7, 11) is 0. The van der Waals surface area contributed by atoms with Gasteiger partial charge in [0.2, 0.25) is 0 Å². The molecule has 1 aliphatic carbocycles. The number of benzene rings is 3. The van der Waals surface area contributed by atoms with Crippen LogP contribution in [0.3, 0.4) is 0 Å². The maximum absolute atomic E-state index is 11.3. The van der Waals surface area contributed by atoms with Crippen LogP contribution in [0.15, 0.2) is 96.1 Å². The van der Waals surface area contributed by atoms with E-state index in [0.717, 1.165) is 34.8 Å². The molecule has 4 rings (SSSR count). The van der Waals surface area contributed by atoms with Crippen molar-refractivity contribution >= 4 is 18.1 Å². The molecule has 0 saturated heterocycles. The molecule has 0 atom stereocenters. The lowest BCUT2D eigenvalue weighted by atomic mass is 9.96. The van der Waals surface area contributed by atoms with Gasteiger partial charge in [-0.3, -0.25) is 9.59 Å². The van der Waals surface area contributed by atoms with Crippen LogP contribution in [0.2, 0.25) is 0 Å². The number of hydrogen-bond acceptors (Lipinski definition) is 2. The van der Waals surface area contributed by atoms with Crippen LogP contribution < -0.4 is 0 Å². The van der Waals surface area contributed by atoms with Crippen molar-refractivity contribution in [1.29, 1.82) is 0 Å². The minimum Gasteiger partial charge on any atom is -0.298 e. The molecule has 152 valence electrons. The van der Waals surface area contributed by atoms with E-state index in [0.29, 0.717) is 17.6 Å². The Morgan fingerprint density at radius 2 is 1.06 bits per heavy atom. The van der Waals surface area contributed by atoms with Crippen molar-refractivity contribution in [3.05, 3.63) is 113 Å². The normalized spacial score (nSPS) is 13.5. The first-order valence-corrected chi connectivity index (χ1v) is 10.4. The third-order valence-electron chi connectivity index (χ3n) is 5.53. The fraction of sp³-hybridized carbons (Fsp3) is 0.103. The summed E-state index contributed by atoms with van der Waals surface area (Å²) in [5, 5.41) is 0. The van der Waals surface area contributed by atoms with Crippen molar-refractivity contribution < 1.29 is 9.59 Å². The number of carbonyl (C=O) groups excluding carboxylic acids is 2. The average molecular weight is 405 g/mol. The molecule has 31 heavy (non-hydrogen) atoms. The predicted octanol–water partition coefficient (Wildman–Crippen LogP) is 6.68. The predicted molar refractivity (Wildman–Crippen MR) is 128 cm³/mol. The van der Waals surface area contributed by atoms with Gasteiger partial charge < -0.3 is 0 Å². The van der Waals surface area contributed by atoms with E-state index in [1.54, 1.807) is 6.08 Å². The lowest BCUT2D eigenvalue weighted by Gasteiger charge is -2.09. The zero-order chi connectivity index (χ0) is 21.8. The molecule has 0 N–H and O–H groups in total. The van der Waals surface area contributed by atoms with Gasteiger partial charge in [-0.1, -0.05) is 83.9 Å². The van der Waals surface area contributed by atoms with Crippen LogP contribution in [0.1, 0.15) is 23.1 Å². The molecule has 0 amide bonds. The van der Waals surface area contributed by atoms with E-state index >= 15 is 0 Å². The summed E-state index contributed by atoms with van der Waals surface area (Å²) in [6.45, 7) is 4.25. The van der Waals surface area contributed by atoms with Gasteiger partial charge in [0, 0.05) is 11.1 Å². The van der Waals surface area contributed by atoms with Crippen LogP contribution in [0, 0.1) is 13.8 Å². The van der Waals surface area contributed by atoms with Crippen LogP contribution in [0.4, 0.5) is 0 Å². The van der Waals surface area contributed by atoms with Gasteiger partial charge in [0.1, 0.15) is 12.6 Å². The molecule has 1 aliphatic rings. The van der Waals surface area contributed by atoms with E-state index in [-0.39, 0.29) is 0 Å². The van der Waals surface area contributed by atoms with Crippen molar-refractivity contribution in [1.82, 2.24) is 0 Å². The molecule has 2 heteroatoms. The van der Waals surface area contributed by atoms with Crippen molar-refractivity contribution in [3.63, 3.8) is 0 Å². The fourth-order valence-corrected chi connectivity index (χ4v) is 4.01. The van der Waals surface area contributed by atoms with E-state index in [4.69, 9.17) is 0 Å². The molecule has 3 aromatic rings. The van der Waals surface area contributed by atoms with E-state index < -0.39 is 0 Å². The molecule has 3 aromatic carbocycles. The zero-order valence-electron chi connectivity index (χ0n) is 17.8. The Morgan fingerprint density at radius 3 is 1.58 bits per heavy atom. The Morgan fingerprint density at radius 1 is 0.581 bits per heavy atom. The standard InChI is InChI=1S/C29H24O2/c1-20-13-21(2)15-29(14-20)27-11-7-25(8-12-27)24-5-9-26(10-6-24)28-4-3-22(18-30)16-23(17-28)19-31/h3,5-19H,4H2,1-2H3. The highest BCUT2D eigenvalue weighted by Gasteiger charge is 2.08. The van der Waals surface area contributed by atoms with Gasteiger partial charge in [0.15, 0.2) is 0 Å². The smallest absolute Gasteiger partial charge is 0.150 e. The lowest BCUT2D eigenvalue weighted by Crippen LogP contribution is -1.87. The maximum atomic E-state index is 11.3. The molecular formula is C29H24O2. The van der Waals surface area contributed by atoms with Gasteiger partial charge in [0.25, 0.3) is 0 Å². The minimum atomic E-state index is 0.511. The van der Waals surface area contributed by atoms with Gasteiger partial charge in [-0.2, -0.15) is 0 Å². The summed E-state index contributed by atoms with van der Waals surface area (Å²) in [5.41, 5.74) is 10.4. The highest BCUT2D eigenvalue weighted by molar-refractivity contribution is 5.90. The second-order valence-corrected chi connectivity index (χ2v) is 7.99. The van der Waals surface area contributed by atoms with E-state index in [1.807, 2.05) is 12.2 Å². The number of rotatable bonds is 5. The molecule has 0 unspecified atom stereocenters. The lowest BCUT2D eigenvalue weighted by molar-refractivity contribution is -0.105. The summed E-state index contributed by atoms with van der Waals surface area (Å²) in [4.78, 5) is 22.4. The topological polar surface area (TPSA) is 34.1 Å². The summed E-state index contributed by atoms with van der Waals surface area (Å²) < 4.78 is 0. The molecule has 0 aliphatic heterocycles. The van der Waals surface area contributed by atoms with Crippen LogP contribution in [0.5, 0.6) is 0 Å². The number of carbonyl (C=O) groups is 2. The van der Waals surface area contributed by atoms with Gasteiger partial charge in [0.05, 0.1) is 0 Å². The van der Waals surface area contributed by atoms with Gasteiger partial charge in [-0.25, -0.2) is 0 Å². The monoisotopic (exact) mass is 404 g/mol. The quantitative estimate of drug-likeness (QED) is 0.445. The second kappa shape index (κ2) is 8.93. The molecule has 2 nitrogen and oxygen atoms in total. The maximum Gasteiger partial charge on any atom is 0.150 e. The number of allylic oxidation sites excluding steroid dienone is 6. The molecular weight excluding hydrogens is 380 g/mol. The van der Waals surface area contributed by atoms with Crippen LogP contribution in [0.25, 0.3) is 27.8 Å². The molecule has 0 fully saturated rings. The van der Waals surface area contributed by atoms with Crippen molar-refractivity contribution in [2.24, 2.45) is 0 Å². The van der Waals surface area contributed by atoms with E-state index in [9.17, 15) is 9.59 Å². The Labute approximate surface area is 183 Å². The number of hydrogen-bond donors (Lipinski definition) is 0. The minimum absolute atomic E-state index is 0.511. The van der Waals surface area contributed by atoms with Gasteiger partial charge in [-0.05, 0) is 65.8 Å². The van der Waals surface area contributed by atoms with Gasteiger partial charge in [-0.15, -0.1) is 0 Å². The molecule has 0 saturated carbocycles. The second-order valence-electron chi connectivity index (χ2n) is 7.99. The first-order valence-electron chi connectivity index (χ1n) is 10.4. The van der Waals surface area contributed by atoms with Crippen LogP contribution in [-0.2, 0) is 9.59 Å². The fourth-order valence-electron chi connectivity index (χ4n) is 4.01. The van der Waals surface area contributed by atoms with E-state index in [1.165, 1.54) is 22.3 Å². The van der Waals surface area contributed by atoms with Crippen molar-refractivity contribution in [3.8, 4) is 22.3 Å². The molecule has 0 radical (unpaired) electrons. The number of aryl methyl sites for hydroxylation is 2. The average Bonchev–Trinajstić information content (AvgIpc) is 3.01. The summed E-state index contributed by atoms with van der Waals surface area (Å²) >= 11 is 0. The van der Waals surface area contributed by atoms with Crippen LogP contribution >= 0.6 is 0 Å².